The van der Waals surface area contributed by atoms with Gasteiger partial charge in [-0.2, -0.15) is 13.2 Å². The smallest absolute Gasteiger partial charge is 0.207 e. The molecule has 0 N–H and O–H groups in total. The van der Waals surface area contributed by atoms with Gasteiger partial charge >= 0.3 is 6.18 Å². The van der Waals surface area contributed by atoms with Gasteiger partial charge in [0.15, 0.2) is 0 Å². The lowest BCUT2D eigenvalue weighted by Crippen LogP contribution is -2.00. The summed E-state index contributed by atoms with van der Waals surface area (Å²) in [7, 11) is 0. The third kappa shape index (κ3) is 2.49. The molecule has 0 bridgehead atoms. The van der Waals surface area contributed by atoms with Crippen molar-refractivity contribution in [2.24, 2.45) is 0 Å². The Hall–Kier alpha value is -1.36. The SMILES string of the molecule is Cc1ccc(-c2ccc(C(F)(F)F)s2)cc1F. The Morgan fingerprint density at radius 2 is 1.76 bits per heavy atom. The highest BCUT2D eigenvalue weighted by Crippen LogP contribution is 2.38. The molecular formula is C12H8F4S. The van der Waals surface area contributed by atoms with Crippen LogP contribution in [0, 0.1) is 12.7 Å². The lowest BCUT2D eigenvalue weighted by atomic mass is 10.1. The van der Waals surface area contributed by atoms with Gasteiger partial charge in [0.25, 0.3) is 0 Å². The van der Waals surface area contributed by atoms with Crippen LogP contribution < -0.4 is 0 Å². The van der Waals surface area contributed by atoms with E-state index in [0.717, 1.165) is 6.07 Å². The molecule has 5 heteroatoms. The lowest BCUT2D eigenvalue weighted by molar-refractivity contribution is -0.134. The van der Waals surface area contributed by atoms with Crippen LogP contribution in [0.15, 0.2) is 30.3 Å². The van der Waals surface area contributed by atoms with Crippen molar-refractivity contribution < 1.29 is 17.6 Å². The van der Waals surface area contributed by atoms with E-state index in [1.54, 1.807) is 19.1 Å². The molecule has 2 rings (SSSR count). The summed E-state index contributed by atoms with van der Waals surface area (Å²) in [5.41, 5.74) is 0.940. The molecule has 1 heterocycles. The van der Waals surface area contributed by atoms with Gasteiger partial charge in [0.2, 0.25) is 0 Å². The Morgan fingerprint density at radius 1 is 1.06 bits per heavy atom. The van der Waals surface area contributed by atoms with E-state index < -0.39 is 16.9 Å². The molecular weight excluding hydrogens is 252 g/mol. The topological polar surface area (TPSA) is 0 Å². The second-order valence-electron chi connectivity index (χ2n) is 3.63. The fourth-order valence-corrected chi connectivity index (χ4v) is 2.26. The maximum Gasteiger partial charge on any atom is 0.425 e. The number of thiophene rings is 1. The maximum absolute atomic E-state index is 13.3. The number of alkyl halides is 3. The largest absolute Gasteiger partial charge is 0.425 e. The van der Waals surface area contributed by atoms with E-state index in [2.05, 4.69) is 0 Å². The van der Waals surface area contributed by atoms with Gasteiger partial charge in [-0.25, -0.2) is 4.39 Å². The average Bonchev–Trinajstić information content (AvgIpc) is 2.70. The number of hydrogen-bond donors (Lipinski definition) is 0. The normalized spacial score (nSPS) is 11.8. The molecule has 0 saturated carbocycles. The van der Waals surface area contributed by atoms with Gasteiger partial charge in [-0.15, -0.1) is 11.3 Å². The first-order chi connectivity index (χ1) is 7.88. The fraction of sp³-hybridized carbons (Fsp3) is 0.167. The summed E-state index contributed by atoms with van der Waals surface area (Å²) in [4.78, 5) is -0.260. The molecule has 0 aliphatic heterocycles. The van der Waals surface area contributed by atoms with Crippen molar-refractivity contribution in [2.75, 3.05) is 0 Å². The number of benzene rings is 1. The predicted molar refractivity (Wildman–Crippen MR) is 59.5 cm³/mol. The molecule has 0 unspecified atom stereocenters. The first-order valence-corrected chi connectivity index (χ1v) is 5.63. The van der Waals surface area contributed by atoms with Gasteiger partial charge in [0.05, 0.1) is 0 Å². The summed E-state index contributed by atoms with van der Waals surface area (Å²) < 4.78 is 50.5. The molecule has 0 nitrogen and oxygen atoms in total. The average molecular weight is 260 g/mol. The van der Waals surface area contributed by atoms with E-state index >= 15 is 0 Å². The Balaban J connectivity index is 2.40. The van der Waals surface area contributed by atoms with Crippen LogP contribution in [-0.2, 0) is 6.18 Å². The molecule has 0 aliphatic carbocycles. The van der Waals surface area contributed by atoms with E-state index in [1.165, 1.54) is 12.1 Å². The van der Waals surface area contributed by atoms with Crippen molar-refractivity contribution in [3.05, 3.63) is 46.6 Å². The van der Waals surface area contributed by atoms with Crippen LogP contribution in [0.25, 0.3) is 10.4 Å². The predicted octanol–water partition coefficient (Wildman–Crippen LogP) is 4.88. The van der Waals surface area contributed by atoms with Gasteiger partial charge in [-0.1, -0.05) is 12.1 Å². The second-order valence-corrected chi connectivity index (χ2v) is 4.71. The van der Waals surface area contributed by atoms with Gasteiger partial charge in [0.1, 0.15) is 10.7 Å². The number of aryl methyl sites for hydroxylation is 1. The fourth-order valence-electron chi connectivity index (χ4n) is 1.39. The van der Waals surface area contributed by atoms with Crippen LogP contribution >= 0.6 is 11.3 Å². The number of halogens is 4. The molecule has 0 fully saturated rings. The minimum absolute atomic E-state index is 0.413. The molecule has 90 valence electrons. The molecule has 1 aromatic carbocycles. The Morgan fingerprint density at radius 3 is 2.29 bits per heavy atom. The van der Waals surface area contributed by atoms with E-state index in [1.807, 2.05) is 0 Å². The van der Waals surface area contributed by atoms with Crippen LogP contribution in [0.2, 0.25) is 0 Å². The van der Waals surface area contributed by atoms with E-state index in [0.29, 0.717) is 27.3 Å². The third-order valence-corrected chi connectivity index (χ3v) is 3.52. The van der Waals surface area contributed by atoms with Crippen LogP contribution in [0.4, 0.5) is 17.6 Å². The Kier molecular flexibility index (Phi) is 2.95. The Labute approximate surface area is 99.5 Å². The van der Waals surface area contributed by atoms with Gasteiger partial charge in [-0.05, 0) is 36.2 Å². The minimum atomic E-state index is -4.34. The number of hydrogen-bond acceptors (Lipinski definition) is 1. The zero-order valence-electron chi connectivity index (χ0n) is 8.81. The van der Waals surface area contributed by atoms with Crippen molar-refractivity contribution >= 4 is 11.3 Å². The van der Waals surface area contributed by atoms with Crippen LogP contribution in [0.3, 0.4) is 0 Å². The lowest BCUT2D eigenvalue weighted by Gasteiger charge is -2.02. The van der Waals surface area contributed by atoms with Crippen molar-refractivity contribution in [3.8, 4) is 10.4 Å². The molecule has 17 heavy (non-hydrogen) atoms. The van der Waals surface area contributed by atoms with Crippen LogP contribution in [-0.4, -0.2) is 0 Å². The summed E-state index contributed by atoms with van der Waals surface area (Å²) in [5.74, 6) is -0.413. The monoisotopic (exact) mass is 260 g/mol. The summed E-state index contributed by atoms with van der Waals surface area (Å²) >= 11 is 0.616. The summed E-state index contributed by atoms with van der Waals surface area (Å²) in [6.07, 6.45) is -4.34. The third-order valence-electron chi connectivity index (χ3n) is 2.34. The molecule has 2 aromatic rings. The quantitative estimate of drug-likeness (QED) is 0.641. The first-order valence-electron chi connectivity index (χ1n) is 4.81. The first kappa shape index (κ1) is 12.1. The molecule has 0 radical (unpaired) electrons. The van der Waals surface area contributed by atoms with E-state index in [-0.39, 0.29) is 0 Å². The molecule has 0 spiro atoms. The second kappa shape index (κ2) is 4.14. The molecule has 0 atom stereocenters. The highest BCUT2D eigenvalue weighted by molar-refractivity contribution is 7.15. The van der Waals surface area contributed by atoms with Gasteiger partial charge in [0, 0.05) is 4.88 Å². The van der Waals surface area contributed by atoms with Crippen molar-refractivity contribution in [3.63, 3.8) is 0 Å². The van der Waals surface area contributed by atoms with Gasteiger partial charge in [-0.3, -0.25) is 0 Å². The van der Waals surface area contributed by atoms with Crippen molar-refractivity contribution in [2.45, 2.75) is 13.1 Å². The zero-order valence-corrected chi connectivity index (χ0v) is 9.62. The van der Waals surface area contributed by atoms with Crippen molar-refractivity contribution in [1.29, 1.82) is 0 Å². The molecule has 0 aliphatic rings. The van der Waals surface area contributed by atoms with E-state index in [9.17, 15) is 17.6 Å². The highest BCUT2D eigenvalue weighted by atomic mass is 32.1. The highest BCUT2D eigenvalue weighted by Gasteiger charge is 2.32. The zero-order chi connectivity index (χ0) is 12.6. The van der Waals surface area contributed by atoms with Crippen LogP contribution in [0.5, 0.6) is 0 Å². The standard InChI is InChI=1S/C12H8F4S/c1-7-2-3-8(6-9(7)13)10-4-5-11(17-10)12(14,15)16/h2-6H,1H3. The maximum atomic E-state index is 13.3. The minimum Gasteiger partial charge on any atom is -0.207 e. The van der Waals surface area contributed by atoms with Gasteiger partial charge < -0.3 is 0 Å². The molecule has 0 saturated heterocycles. The van der Waals surface area contributed by atoms with Crippen LogP contribution in [0.1, 0.15) is 10.4 Å². The summed E-state index contributed by atoms with van der Waals surface area (Å²) in [5, 5.41) is 0. The number of rotatable bonds is 1. The molecule has 0 amide bonds. The van der Waals surface area contributed by atoms with E-state index in [4.69, 9.17) is 0 Å². The Bertz CT molecular complexity index is 540. The summed E-state index contributed by atoms with van der Waals surface area (Å²) in [6, 6.07) is 6.79. The summed E-state index contributed by atoms with van der Waals surface area (Å²) in [6.45, 7) is 1.61. The van der Waals surface area contributed by atoms with Crippen molar-refractivity contribution in [1.82, 2.24) is 0 Å². The molecule has 1 aromatic heterocycles.